The number of carbonyl (C=O) groups is 6. The fourth-order valence-corrected chi connectivity index (χ4v) is 15.8. The van der Waals surface area contributed by atoms with Crippen LogP contribution in [0.2, 0.25) is 40.2 Å². The van der Waals surface area contributed by atoms with Gasteiger partial charge in [0.2, 0.25) is 17.7 Å². The number of rotatable bonds is 27. The molecule has 0 unspecified atom stereocenters. The molecule has 582 valence electrons. The van der Waals surface area contributed by atoms with Gasteiger partial charge in [0.15, 0.2) is 0 Å². The molecule has 5 aromatic rings. The second kappa shape index (κ2) is 42.6. The third kappa shape index (κ3) is 25.9. The highest BCUT2D eigenvalue weighted by molar-refractivity contribution is 6.44. The molecule has 0 bridgehead atoms. The smallest absolute Gasteiger partial charge is 0.251 e. The zero-order valence-corrected chi connectivity index (χ0v) is 68.5. The normalized spacial score (nSPS) is 20.9. The van der Waals surface area contributed by atoms with Crippen LogP contribution in [-0.4, -0.2) is 194 Å². The fraction of sp³-hybridized carbons (Fsp3) is 0.575. The Balaban J connectivity index is 0.000000204. The molecule has 5 aliphatic rings. The summed E-state index contributed by atoms with van der Waals surface area (Å²) in [5.41, 5.74) is 8.22. The lowest BCUT2D eigenvalue weighted by molar-refractivity contribution is -0.135. The first-order valence-corrected chi connectivity index (χ1v) is 41.1. The molecule has 5 aromatic carbocycles. The highest BCUT2D eigenvalue weighted by atomic mass is 35.5. The van der Waals surface area contributed by atoms with Crippen LogP contribution < -0.4 is 37.6 Å². The Morgan fingerprint density at radius 3 is 1.25 bits per heavy atom. The summed E-state index contributed by atoms with van der Waals surface area (Å²) < 4.78 is 0. The first kappa shape index (κ1) is 86.8. The number of nitrogens with zero attached hydrogens (tertiary/aromatic N) is 5. The third-order valence-electron chi connectivity index (χ3n) is 22.1. The van der Waals surface area contributed by atoms with E-state index in [2.05, 4.69) is 88.1 Å². The predicted molar refractivity (Wildman–Crippen MR) is 436 cm³/mol. The van der Waals surface area contributed by atoms with E-state index in [1.54, 1.807) is 54.6 Å². The molecule has 5 saturated heterocycles. The van der Waals surface area contributed by atoms with Crippen LogP contribution in [0.15, 0.2) is 84.9 Å². The minimum Gasteiger partial charge on any atom is -0.350 e. The van der Waals surface area contributed by atoms with E-state index in [4.69, 9.17) is 98.5 Å². The van der Waals surface area contributed by atoms with Gasteiger partial charge in [0, 0.05) is 117 Å². The van der Waals surface area contributed by atoms with Gasteiger partial charge in [-0.15, -0.1) is 0 Å². The Labute approximate surface area is 668 Å². The van der Waals surface area contributed by atoms with Gasteiger partial charge in [-0.1, -0.05) is 159 Å². The highest BCUT2D eigenvalue weighted by Crippen LogP contribution is 2.34. The van der Waals surface area contributed by atoms with E-state index in [1.165, 1.54) is 38.5 Å². The third-order valence-corrected chi connectivity index (χ3v) is 24.9. The van der Waals surface area contributed by atoms with Gasteiger partial charge in [-0.25, -0.2) is 0 Å². The molecule has 10 rings (SSSR count). The molecule has 6 atom stereocenters. The quantitative estimate of drug-likeness (QED) is 0.0244. The van der Waals surface area contributed by atoms with E-state index in [-0.39, 0.29) is 82.5 Å². The van der Waals surface area contributed by atoms with Gasteiger partial charge in [0.05, 0.1) is 48.3 Å². The minimum atomic E-state index is -0.375. The Bertz CT molecular complexity index is 3740. The van der Waals surface area contributed by atoms with Gasteiger partial charge in [0.25, 0.3) is 17.7 Å². The van der Waals surface area contributed by atoms with Gasteiger partial charge in [-0.05, 0) is 223 Å². The minimum absolute atomic E-state index is 0.0169. The topological polar surface area (TPSA) is 217 Å². The molecule has 0 spiro atoms. The van der Waals surface area contributed by atoms with Crippen molar-refractivity contribution >= 4 is 139 Å². The van der Waals surface area contributed by atoms with Gasteiger partial charge in [-0.2, -0.15) is 0 Å². The molecule has 0 radical (unpaired) electrons. The SMILES string of the molecule is CCC(C)(CC)CN1CC[C@@H](CNC(=O)c2ccc(Cl)c(Cl)c2)N[C@@H](CCN)C1=O.CCC(C)(CC)CN1CC[C@@H](CNC(=O)c2ccc(Cl)c(Cl)c2)N[C@@H](CCN2CCCCC2)C1=O.O=C(NC[C@@H]1CCN(Cc2cc(Cl)cc(Cl)c2Cl)C(=O)[C@H](CCN2CCCCC2)N1)c1ccc2cc(Cl)ccc2c1. The largest absolute Gasteiger partial charge is 0.350 e. The number of hydrogen-bond donors (Lipinski definition) is 7. The number of amides is 6. The van der Waals surface area contributed by atoms with Crippen LogP contribution in [0.25, 0.3) is 10.8 Å². The van der Waals surface area contributed by atoms with Crippen LogP contribution in [0, 0.1) is 10.8 Å². The van der Waals surface area contributed by atoms with Gasteiger partial charge in [-0.3, -0.25) is 28.8 Å². The van der Waals surface area contributed by atoms with Crippen molar-refractivity contribution in [3.8, 4) is 0 Å². The molecule has 18 nitrogen and oxygen atoms in total. The van der Waals surface area contributed by atoms with Gasteiger partial charge in [0.1, 0.15) is 0 Å². The Morgan fingerprint density at radius 1 is 0.443 bits per heavy atom. The highest BCUT2D eigenvalue weighted by Gasteiger charge is 2.38. The first-order valence-electron chi connectivity index (χ1n) is 38.1. The number of carbonyl (C=O) groups excluding carboxylic acids is 6. The van der Waals surface area contributed by atoms with Crippen molar-refractivity contribution in [2.75, 3.05) is 98.2 Å². The number of fused-ring (bicyclic) bond motifs is 1. The van der Waals surface area contributed by atoms with Crippen LogP contribution in [0.3, 0.4) is 0 Å². The monoisotopic (exact) mass is 1610 g/mol. The van der Waals surface area contributed by atoms with Crippen LogP contribution in [-0.2, 0) is 20.9 Å². The van der Waals surface area contributed by atoms with E-state index in [0.29, 0.717) is 128 Å². The van der Waals surface area contributed by atoms with E-state index in [9.17, 15) is 28.8 Å². The van der Waals surface area contributed by atoms with Gasteiger partial charge >= 0.3 is 0 Å². The first-order chi connectivity index (χ1) is 50.7. The maximum absolute atomic E-state index is 13.8. The van der Waals surface area contributed by atoms with E-state index >= 15 is 0 Å². The number of nitrogens with one attached hydrogen (secondary N) is 6. The number of likely N-dealkylation sites (tertiary alicyclic amines) is 2. The average Bonchev–Trinajstić information content (AvgIpc) is 1.48. The second-order valence-electron chi connectivity index (χ2n) is 29.8. The maximum Gasteiger partial charge on any atom is 0.251 e. The van der Waals surface area contributed by atoms with Crippen LogP contribution in [0.1, 0.15) is 181 Å². The number of nitrogens with two attached hydrogens (primary N) is 1. The summed E-state index contributed by atoms with van der Waals surface area (Å²) in [6.07, 6.45) is 15.9. The predicted octanol–water partition coefficient (Wildman–Crippen LogP) is 15.3. The average molecular weight is 1620 g/mol. The van der Waals surface area contributed by atoms with Crippen LogP contribution in [0.4, 0.5) is 0 Å². The molecule has 8 N–H and O–H groups in total. The molecule has 5 fully saturated rings. The van der Waals surface area contributed by atoms with E-state index < -0.39 is 0 Å². The van der Waals surface area contributed by atoms with Crippen molar-refractivity contribution in [3.63, 3.8) is 0 Å². The number of piperidine rings is 2. The molecule has 5 heterocycles. The Hall–Kier alpha value is -4.74. The zero-order valence-electron chi connectivity index (χ0n) is 62.5. The lowest BCUT2D eigenvalue weighted by Gasteiger charge is -2.35. The van der Waals surface area contributed by atoms with Gasteiger partial charge < -0.3 is 62.1 Å². The second-order valence-corrected chi connectivity index (χ2v) is 33.1. The molecule has 5 aliphatic heterocycles. The van der Waals surface area contributed by atoms with Crippen LogP contribution >= 0.6 is 92.8 Å². The summed E-state index contributed by atoms with van der Waals surface area (Å²) >= 11 is 49.1. The summed E-state index contributed by atoms with van der Waals surface area (Å²) in [6.45, 7) is 24.8. The van der Waals surface area contributed by atoms with Crippen molar-refractivity contribution in [3.05, 3.63) is 147 Å². The molecular weight excluding hydrogens is 1510 g/mol. The molecule has 0 saturated carbocycles. The number of hydrogen-bond acceptors (Lipinski definition) is 12. The molecule has 26 heteroatoms. The van der Waals surface area contributed by atoms with Crippen molar-refractivity contribution in [1.82, 2.24) is 56.4 Å². The molecule has 0 aliphatic carbocycles. The maximum atomic E-state index is 13.8. The standard InChI is InChI=1S/C31H34Cl4N4O2.C27H42Cl2N4O2.C22H34Cl2N4O2/c32-24-7-6-20-14-22(5-4-21(20)15-24)30(40)36-18-26-8-13-39(19-23-16-25(33)17-27(34)29(23)35)31(41)28(37-26)9-12-38-10-2-1-3-11-38;1-4-27(3,5-2)19-33-16-11-21(18-30-25(34)20-9-10-22(28)23(29)17-20)31-24(26(33)35)12-15-32-13-7-6-8-14-32;1-4-22(3,5-2)14-28-11-9-16(27-19(8-10-25)21(28)30)13-26-20(29)15-6-7-17(23)18(24)12-15/h4-7,14-17,26,28,37H,1-3,8-13,18-19H2,(H,36,40);9-10,17,21,24,31H,4-8,11-16,18-19H2,1-3H3,(H,30,34);6-7,12,16,19,27H,4-5,8-11,13-14,25H2,1-3H3,(H,26,29)/t26-,28-;21-,24-;16-,19-/m000/s1. The summed E-state index contributed by atoms with van der Waals surface area (Å²) in [4.78, 5) is 89.6. The molecule has 6 amide bonds. The fourth-order valence-electron chi connectivity index (χ4n) is 14.4. The lowest BCUT2D eigenvalue weighted by atomic mass is 9.84. The number of halogens is 8. The summed E-state index contributed by atoms with van der Waals surface area (Å²) in [7, 11) is 0. The number of benzene rings is 5. The summed E-state index contributed by atoms with van der Waals surface area (Å²) in [5.74, 6) is -0.229. The molecule has 106 heavy (non-hydrogen) atoms. The molecular formula is C80H110Cl8N12O6. The van der Waals surface area contributed by atoms with Crippen molar-refractivity contribution < 1.29 is 28.8 Å². The zero-order chi connectivity index (χ0) is 76.7. The van der Waals surface area contributed by atoms with E-state index in [0.717, 1.165) is 114 Å². The van der Waals surface area contributed by atoms with Crippen molar-refractivity contribution in [2.24, 2.45) is 16.6 Å². The summed E-state index contributed by atoms with van der Waals surface area (Å²) in [6, 6.07) is 23.2. The van der Waals surface area contributed by atoms with Crippen molar-refractivity contribution in [2.45, 2.75) is 187 Å². The van der Waals surface area contributed by atoms with Crippen LogP contribution in [0.5, 0.6) is 0 Å². The molecule has 0 aromatic heterocycles. The lowest BCUT2D eigenvalue weighted by Crippen LogP contribution is -2.51. The van der Waals surface area contributed by atoms with Crippen molar-refractivity contribution in [1.29, 1.82) is 0 Å². The summed E-state index contributed by atoms with van der Waals surface area (Å²) in [5, 5.41) is 25.0. The Morgan fingerprint density at radius 2 is 0.830 bits per heavy atom. The Kier molecular flexibility index (Phi) is 34.9. The van der Waals surface area contributed by atoms with E-state index in [1.807, 2.05) is 40.1 Å².